The van der Waals surface area contributed by atoms with E-state index in [4.69, 9.17) is 5.11 Å². The van der Waals surface area contributed by atoms with Crippen LogP contribution in [0.4, 0.5) is 0 Å². The number of aryl methyl sites for hydroxylation is 3. The molecular weight excluding hydrogens is 284 g/mol. The SMILES string of the molecule is Cc1cc(Cn2c(C)nc3cc(C(=O)O)ccc32)sc1C. The topological polar surface area (TPSA) is 55.1 Å². The second-order valence-corrected chi connectivity index (χ2v) is 6.55. The molecule has 0 fully saturated rings. The van der Waals surface area contributed by atoms with E-state index < -0.39 is 5.97 Å². The van der Waals surface area contributed by atoms with Gasteiger partial charge in [-0.3, -0.25) is 0 Å². The number of benzene rings is 1. The highest BCUT2D eigenvalue weighted by molar-refractivity contribution is 7.12. The van der Waals surface area contributed by atoms with E-state index in [1.807, 2.05) is 13.0 Å². The number of thiophene rings is 1. The lowest BCUT2D eigenvalue weighted by Crippen LogP contribution is -2.00. The van der Waals surface area contributed by atoms with Crippen LogP contribution in [-0.4, -0.2) is 20.6 Å². The molecule has 0 unspecified atom stereocenters. The van der Waals surface area contributed by atoms with Gasteiger partial charge in [0, 0.05) is 9.75 Å². The molecule has 0 bridgehead atoms. The van der Waals surface area contributed by atoms with E-state index in [-0.39, 0.29) is 5.56 Å². The summed E-state index contributed by atoms with van der Waals surface area (Å²) in [6.45, 7) is 6.97. The lowest BCUT2D eigenvalue weighted by atomic mass is 10.2. The summed E-state index contributed by atoms with van der Waals surface area (Å²) >= 11 is 1.80. The monoisotopic (exact) mass is 300 g/mol. The van der Waals surface area contributed by atoms with Crippen molar-refractivity contribution in [3.63, 3.8) is 0 Å². The average molecular weight is 300 g/mol. The minimum atomic E-state index is -0.923. The summed E-state index contributed by atoms with van der Waals surface area (Å²) in [6, 6.07) is 7.31. The molecule has 21 heavy (non-hydrogen) atoms. The molecule has 3 rings (SSSR count). The van der Waals surface area contributed by atoms with E-state index in [9.17, 15) is 4.79 Å². The Morgan fingerprint density at radius 3 is 2.67 bits per heavy atom. The van der Waals surface area contributed by atoms with Gasteiger partial charge in [-0.15, -0.1) is 11.3 Å². The van der Waals surface area contributed by atoms with E-state index in [0.29, 0.717) is 0 Å². The molecule has 1 aromatic carbocycles. The molecular formula is C16H16N2O2S. The zero-order chi connectivity index (χ0) is 15.1. The number of carboxylic acids is 1. The maximum Gasteiger partial charge on any atom is 0.335 e. The number of carbonyl (C=O) groups is 1. The van der Waals surface area contributed by atoms with Crippen molar-refractivity contribution in [2.45, 2.75) is 27.3 Å². The van der Waals surface area contributed by atoms with Gasteiger partial charge in [0.25, 0.3) is 0 Å². The predicted octanol–water partition coefficient (Wildman–Crippen LogP) is 3.77. The molecule has 0 aliphatic heterocycles. The van der Waals surface area contributed by atoms with Gasteiger partial charge in [0.05, 0.1) is 23.1 Å². The zero-order valence-electron chi connectivity index (χ0n) is 12.2. The first-order chi connectivity index (χ1) is 9.95. The molecule has 4 nitrogen and oxygen atoms in total. The number of hydrogen-bond donors (Lipinski definition) is 1. The number of aromatic carboxylic acids is 1. The number of nitrogens with zero attached hydrogens (tertiary/aromatic N) is 2. The summed E-state index contributed by atoms with van der Waals surface area (Å²) in [5.74, 6) is -0.0233. The van der Waals surface area contributed by atoms with Crippen LogP contribution in [-0.2, 0) is 6.54 Å². The quantitative estimate of drug-likeness (QED) is 0.801. The van der Waals surface area contributed by atoms with Crippen LogP contribution in [0.15, 0.2) is 24.3 Å². The van der Waals surface area contributed by atoms with Crippen molar-refractivity contribution < 1.29 is 9.90 Å². The largest absolute Gasteiger partial charge is 0.478 e. The maximum atomic E-state index is 11.0. The molecule has 0 saturated heterocycles. The minimum absolute atomic E-state index is 0.273. The lowest BCUT2D eigenvalue weighted by molar-refractivity contribution is 0.0697. The third kappa shape index (κ3) is 2.45. The van der Waals surface area contributed by atoms with Crippen molar-refractivity contribution in [1.29, 1.82) is 0 Å². The van der Waals surface area contributed by atoms with Gasteiger partial charge in [-0.1, -0.05) is 0 Å². The highest BCUT2D eigenvalue weighted by Gasteiger charge is 2.12. The van der Waals surface area contributed by atoms with Crippen LogP contribution in [0.3, 0.4) is 0 Å². The van der Waals surface area contributed by atoms with Gasteiger partial charge >= 0.3 is 5.97 Å². The average Bonchev–Trinajstić information content (AvgIpc) is 2.90. The number of fused-ring (bicyclic) bond motifs is 1. The lowest BCUT2D eigenvalue weighted by Gasteiger charge is -2.05. The number of rotatable bonds is 3. The number of carboxylic acid groups (broad SMARTS) is 1. The maximum absolute atomic E-state index is 11.0. The van der Waals surface area contributed by atoms with Crippen LogP contribution >= 0.6 is 11.3 Å². The van der Waals surface area contributed by atoms with Crippen LogP contribution < -0.4 is 0 Å². The summed E-state index contributed by atoms with van der Waals surface area (Å²) in [6.07, 6.45) is 0. The van der Waals surface area contributed by atoms with Gasteiger partial charge in [-0.2, -0.15) is 0 Å². The highest BCUT2D eigenvalue weighted by atomic mass is 32.1. The molecule has 0 atom stereocenters. The Labute approximate surface area is 126 Å². The Kier molecular flexibility index (Phi) is 3.29. The molecule has 1 N–H and O–H groups in total. The first-order valence-corrected chi connectivity index (χ1v) is 7.53. The van der Waals surface area contributed by atoms with Crippen molar-refractivity contribution in [3.05, 3.63) is 51.0 Å². The molecule has 0 aliphatic rings. The fourth-order valence-corrected chi connectivity index (χ4v) is 3.51. The van der Waals surface area contributed by atoms with Gasteiger partial charge in [0.2, 0.25) is 0 Å². The van der Waals surface area contributed by atoms with Crippen LogP contribution in [0.5, 0.6) is 0 Å². The van der Waals surface area contributed by atoms with Gasteiger partial charge in [-0.25, -0.2) is 9.78 Å². The van der Waals surface area contributed by atoms with Crippen molar-refractivity contribution in [1.82, 2.24) is 9.55 Å². The molecule has 5 heteroatoms. The van der Waals surface area contributed by atoms with Crippen LogP contribution in [0, 0.1) is 20.8 Å². The molecule has 0 saturated carbocycles. The summed E-state index contributed by atoms with van der Waals surface area (Å²) in [5.41, 5.74) is 3.29. The van der Waals surface area contributed by atoms with Crippen molar-refractivity contribution in [2.24, 2.45) is 0 Å². The van der Waals surface area contributed by atoms with E-state index in [2.05, 4.69) is 29.5 Å². The second-order valence-electron chi connectivity index (χ2n) is 5.21. The summed E-state index contributed by atoms with van der Waals surface area (Å²) in [5, 5.41) is 9.06. The number of imidazole rings is 1. The molecule has 2 heterocycles. The van der Waals surface area contributed by atoms with E-state index in [1.54, 1.807) is 23.5 Å². The molecule has 3 aromatic rings. The van der Waals surface area contributed by atoms with Crippen molar-refractivity contribution in [3.8, 4) is 0 Å². The molecule has 108 valence electrons. The van der Waals surface area contributed by atoms with E-state index in [0.717, 1.165) is 23.4 Å². The van der Waals surface area contributed by atoms with E-state index in [1.165, 1.54) is 15.3 Å². The van der Waals surface area contributed by atoms with Gasteiger partial charge < -0.3 is 9.67 Å². The molecule has 2 aromatic heterocycles. The van der Waals surface area contributed by atoms with Crippen LogP contribution in [0.2, 0.25) is 0 Å². The molecule has 0 radical (unpaired) electrons. The fourth-order valence-electron chi connectivity index (χ4n) is 2.47. The Bertz CT molecular complexity index is 826. The van der Waals surface area contributed by atoms with Gasteiger partial charge in [-0.05, 0) is 50.6 Å². The second kappa shape index (κ2) is 5.00. The van der Waals surface area contributed by atoms with Gasteiger partial charge in [0.1, 0.15) is 5.82 Å². The normalized spacial score (nSPS) is 11.2. The van der Waals surface area contributed by atoms with Crippen LogP contribution in [0.25, 0.3) is 11.0 Å². The van der Waals surface area contributed by atoms with Crippen molar-refractivity contribution in [2.75, 3.05) is 0 Å². The standard InChI is InChI=1S/C16H16N2O2S/c1-9-6-13(21-10(9)2)8-18-11(3)17-14-7-12(16(19)20)4-5-15(14)18/h4-7H,8H2,1-3H3,(H,19,20). The smallest absolute Gasteiger partial charge is 0.335 e. The third-order valence-electron chi connectivity index (χ3n) is 3.72. The predicted molar refractivity (Wildman–Crippen MR) is 84.3 cm³/mol. The molecule has 0 aliphatic carbocycles. The van der Waals surface area contributed by atoms with Crippen LogP contribution in [0.1, 0.15) is 31.5 Å². The summed E-state index contributed by atoms with van der Waals surface area (Å²) in [4.78, 5) is 18.1. The third-order valence-corrected chi connectivity index (χ3v) is 4.85. The Morgan fingerprint density at radius 1 is 1.29 bits per heavy atom. The van der Waals surface area contributed by atoms with Gasteiger partial charge in [0.15, 0.2) is 0 Å². The number of hydrogen-bond acceptors (Lipinski definition) is 3. The summed E-state index contributed by atoms with van der Waals surface area (Å²) < 4.78 is 2.13. The molecule has 0 spiro atoms. The highest BCUT2D eigenvalue weighted by Crippen LogP contribution is 2.24. The molecule has 0 amide bonds. The zero-order valence-corrected chi connectivity index (χ0v) is 13.0. The first-order valence-electron chi connectivity index (χ1n) is 6.72. The minimum Gasteiger partial charge on any atom is -0.478 e. The fraction of sp³-hybridized carbons (Fsp3) is 0.250. The number of aromatic nitrogens is 2. The summed E-state index contributed by atoms with van der Waals surface area (Å²) in [7, 11) is 0. The Hall–Kier alpha value is -2.14. The Morgan fingerprint density at radius 2 is 2.05 bits per heavy atom. The van der Waals surface area contributed by atoms with Crippen molar-refractivity contribution >= 4 is 28.3 Å². The Balaban J connectivity index is 2.06. The van der Waals surface area contributed by atoms with E-state index >= 15 is 0 Å². The first kappa shape index (κ1) is 13.8.